The highest BCUT2D eigenvalue weighted by Crippen LogP contribution is 2.40. The van der Waals surface area contributed by atoms with E-state index in [0.717, 1.165) is 49.7 Å². The van der Waals surface area contributed by atoms with Crippen LogP contribution in [-0.2, 0) is 23.8 Å². The first-order chi connectivity index (χ1) is 23.0. The van der Waals surface area contributed by atoms with E-state index in [4.69, 9.17) is 11.6 Å². The van der Waals surface area contributed by atoms with Crippen molar-refractivity contribution in [3.8, 4) is 0 Å². The van der Waals surface area contributed by atoms with Crippen molar-refractivity contribution in [1.29, 1.82) is 0 Å². The Balaban J connectivity index is 1.14. The van der Waals surface area contributed by atoms with E-state index in [1.54, 1.807) is 21.1 Å². The first-order valence-electron chi connectivity index (χ1n) is 16.8. The van der Waals surface area contributed by atoms with Crippen molar-refractivity contribution in [2.45, 2.75) is 75.7 Å². The van der Waals surface area contributed by atoms with Crippen molar-refractivity contribution in [3.63, 3.8) is 0 Å². The van der Waals surface area contributed by atoms with E-state index in [2.05, 4.69) is 20.9 Å². The van der Waals surface area contributed by atoms with E-state index >= 15 is 0 Å². The Bertz CT molecular complexity index is 1490. The number of nitrogens with zero attached hydrogens (tertiary/aromatic N) is 4. The van der Waals surface area contributed by atoms with Crippen LogP contribution in [0.25, 0.3) is 0 Å². The van der Waals surface area contributed by atoms with Crippen molar-refractivity contribution >= 4 is 52.3 Å². The fraction of sp³-hybridized carbons (Fsp3) is 0.606. The molecule has 5 heterocycles. The average molecular weight is 710 g/mol. The number of anilines is 2. The molecule has 5 amide bonds. The van der Waals surface area contributed by atoms with E-state index in [0.29, 0.717) is 51.6 Å². The molecule has 3 fully saturated rings. The van der Waals surface area contributed by atoms with Gasteiger partial charge in [-0.15, -0.1) is 11.3 Å². The summed E-state index contributed by atoms with van der Waals surface area (Å²) in [6.07, 6.45) is 1.10. The van der Waals surface area contributed by atoms with Gasteiger partial charge < -0.3 is 35.6 Å². The number of carbonyl (C=O) groups excluding carboxylic acids is 3. The van der Waals surface area contributed by atoms with Crippen LogP contribution in [0, 0.1) is 0 Å². The average Bonchev–Trinajstić information content (AvgIpc) is 3.74. The highest BCUT2D eigenvalue weighted by Gasteiger charge is 2.38. The topological polar surface area (TPSA) is 100 Å². The molecule has 0 aliphatic carbocycles. The van der Waals surface area contributed by atoms with E-state index in [1.165, 1.54) is 26.0 Å². The molecule has 0 spiro atoms. The van der Waals surface area contributed by atoms with Crippen molar-refractivity contribution in [2.75, 3.05) is 63.5 Å². The zero-order valence-electron chi connectivity index (χ0n) is 27.1. The van der Waals surface area contributed by atoms with Gasteiger partial charge in [0.15, 0.2) is 0 Å². The second kappa shape index (κ2) is 14.7. The lowest BCUT2D eigenvalue weighted by atomic mass is 9.98. The molecule has 1 atom stereocenters. The zero-order valence-corrected chi connectivity index (χ0v) is 28.7. The Hall–Kier alpha value is -3.23. The molecule has 15 heteroatoms. The van der Waals surface area contributed by atoms with Crippen LogP contribution in [-0.4, -0.2) is 109 Å². The Labute approximate surface area is 287 Å². The lowest BCUT2D eigenvalue weighted by molar-refractivity contribution is -0.137. The van der Waals surface area contributed by atoms with Gasteiger partial charge in [0.1, 0.15) is 6.04 Å². The fourth-order valence-corrected chi connectivity index (χ4v) is 8.76. The third-order valence-electron chi connectivity index (χ3n) is 10.2. The van der Waals surface area contributed by atoms with E-state index in [-0.39, 0.29) is 40.7 Å². The number of halogens is 4. The number of benzene rings is 1. The summed E-state index contributed by atoms with van der Waals surface area (Å²) in [5.41, 5.74) is 1.01. The van der Waals surface area contributed by atoms with Crippen LogP contribution in [0.4, 0.5) is 34.1 Å². The van der Waals surface area contributed by atoms with Gasteiger partial charge in [-0.05, 0) is 86.7 Å². The number of hydrogen-bond acceptors (Lipinski definition) is 6. The molecule has 48 heavy (non-hydrogen) atoms. The largest absolute Gasteiger partial charge is 0.418 e. The maximum Gasteiger partial charge on any atom is 0.418 e. The predicted octanol–water partition coefficient (Wildman–Crippen LogP) is 5.72. The Morgan fingerprint density at radius 3 is 2.31 bits per heavy atom. The standard InChI is InChI=1S/C33H43ClF3N7O3S/c1-38-29-25(33(35,36)37)16-21(17-26(29)34)18-27(30(45)42-11-5-23(6-12-42)41-9-2-3-10-41)39-31(46)43-13-7-24(8-14-43)44-15-4-22-19-48-20-28(22)40-32(44)47/h16-17,19-20,23-24,27,38H,2-15,18H2,1H3,(H,39,46)(H,40,47)/t27-/m1/s1. The molecule has 0 radical (unpaired) electrons. The summed E-state index contributed by atoms with van der Waals surface area (Å²) >= 11 is 7.85. The van der Waals surface area contributed by atoms with E-state index in [1.807, 2.05) is 15.7 Å². The van der Waals surface area contributed by atoms with Gasteiger partial charge in [0.05, 0.1) is 22.0 Å². The first kappa shape index (κ1) is 34.6. The van der Waals surface area contributed by atoms with Crippen LogP contribution in [0.15, 0.2) is 22.9 Å². The lowest BCUT2D eigenvalue weighted by Crippen LogP contribution is -2.57. The molecule has 0 unspecified atom stereocenters. The van der Waals surface area contributed by atoms with Crippen LogP contribution in [0.2, 0.25) is 5.02 Å². The predicted molar refractivity (Wildman–Crippen MR) is 181 cm³/mol. The smallest absolute Gasteiger partial charge is 0.386 e. The van der Waals surface area contributed by atoms with Crippen LogP contribution in [0.1, 0.15) is 55.2 Å². The van der Waals surface area contributed by atoms with Crippen molar-refractivity contribution < 1.29 is 27.6 Å². The SMILES string of the molecule is CNc1c(Cl)cc(C[C@@H](NC(=O)N2CCC(N3CCc4cscc4NC3=O)CC2)C(=O)N2CCC(N3CCCC3)CC2)cc1C(F)(F)F. The van der Waals surface area contributed by atoms with Crippen LogP contribution < -0.4 is 16.0 Å². The molecule has 1 aromatic heterocycles. The molecule has 10 nitrogen and oxygen atoms in total. The molecular formula is C33H43ClF3N7O3S. The number of amides is 5. The molecule has 6 rings (SSSR count). The van der Waals surface area contributed by atoms with Crippen LogP contribution in [0.3, 0.4) is 0 Å². The summed E-state index contributed by atoms with van der Waals surface area (Å²) in [6.45, 7) is 4.53. The van der Waals surface area contributed by atoms with Gasteiger partial charge in [-0.2, -0.15) is 13.2 Å². The molecule has 0 bridgehead atoms. The second-order valence-electron chi connectivity index (χ2n) is 13.2. The maximum absolute atomic E-state index is 14.0. The Morgan fingerprint density at radius 1 is 0.979 bits per heavy atom. The highest BCUT2D eigenvalue weighted by molar-refractivity contribution is 7.08. The summed E-state index contributed by atoms with van der Waals surface area (Å²) in [4.78, 5) is 48.3. The number of urea groups is 2. The third-order valence-corrected chi connectivity index (χ3v) is 11.3. The zero-order chi connectivity index (χ0) is 34.0. The van der Waals surface area contributed by atoms with E-state index in [9.17, 15) is 27.6 Å². The molecule has 1 aromatic carbocycles. The van der Waals surface area contributed by atoms with Gasteiger partial charge in [-0.3, -0.25) is 4.79 Å². The number of hydrogen-bond donors (Lipinski definition) is 3. The monoisotopic (exact) mass is 709 g/mol. The maximum atomic E-state index is 14.0. The third kappa shape index (κ3) is 7.65. The number of piperidine rings is 2. The number of thiophene rings is 1. The molecule has 0 saturated carbocycles. The minimum absolute atomic E-state index is 0.0373. The lowest BCUT2D eigenvalue weighted by Gasteiger charge is -2.39. The number of rotatable bonds is 7. The number of nitrogens with one attached hydrogen (secondary N) is 3. The van der Waals surface area contributed by atoms with Crippen molar-refractivity contribution in [3.05, 3.63) is 44.6 Å². The van der Waals surface area contributed by atoms with Gasteiger partial charge >= 0.3 is 18.2 Å². The molecule has 2 aromatic rings. The quantitative estimate of drug-likeness (QED) is 0.342. The van der Waals surface area contributed by atoms with Gasteiger partial charge in [-0.1, -0.05) is 11.6 Å². The highest BCUT2D eigenvalue weighted by atomic mass is 35.5. The number of alkyl halides is 3. The summed E-state index contributed by atoms with van der Waals surface area (Å²) in [6, 6.07) is 1.12. The van der Waals surface area contributed by atoms with Gasteiger partial charge in [0.25, 0.3) is 0 Å². The van der Waals surface area contributed by atoms with Crippen molar-refractivity contribution in [2.24, 2.45) is 0 Å². The van der Waals surface area contributed by atoms with E-state index < -0.39 is 23.8 Å². The minimum Gasteiger partial charge on any atom is -0.386 e. The summed E-state index contributed by atoms with van der Waals surface area (Å²) < 4.78 is 41.9. The summed E-state index contributed by atoms with van der Waals surface area (Å²) in [7, 11) is 1.37. The fourth-order valence-electron chi connectivity index (χ4n) is 7.60. The van der Waals surface area contributed by atoms with Crippen LogP contribution >= 0.6 is 22.9 Å². The first-order valence-corrected chi connectivity index (χ1v) is 18.1. The number of carbonyl (C=O) groups is 3. The van der Waals surface area contributed by atoms with Gasteiger partial charge in [-0.25, -0.2) is 9.59 Å². The van der Waals surface area contributed by atoms with Crippen LogP contribution in [0.5, 0.6) is 0 Å². The van der Waals surface area contributed by atoms with Gasteiger partial charge in [0.2, 0.25) is 5.91 Å². The Kier molecular flexibility index (Phi) is 10.6. The summed E-state index contributed by atoms with van der Waals surface area (Å²) in [5, 5.41) is 12.3. The molecule has 3 N–H and O–H groups in total. The van der Waals surface area contributed by atoms with Gasteiger partial charge in [0, 0.05) is 63.7 Å². The number of likely N-dealkylation sites (tertiary alicyclic amines) is 3. The molecule has 4 aliphatic rings. The molecule has 262 valence electrons. The Morgan fingerprint density at radius 2 is 1.65 bits per heavy atom. The second-order valence-corrected chi connectivity index (χ2v) is 14.3. The summed E-state index contributed by atoms with van der Waals surface area (Å²) in [5.74, 6) is -0.311. The molecular weight excluding hydrogens is 667 g/mol. The molecule has 4 aliphatic heterocycles. The molecule has 3 saturated heterocycles. The van der Waals surface area contributed by atoms with Crippen molar-refractivity contribution in [1.82, 2.24) is 24.9 Å². The normalized spacial score (nSPS) is 20.7. The minimum atomic E-state index is -4.67. The number of fused-ring (bicyclic) bond motifs is 1.